The van der Waals surface area contributed by atoms with E-state index >= 15 is 4.39 Å². The van der Waals surface area contributed by atoms with Gasteiger partial charge in [-0.3, -0.25) is 0 Å². The van der Waals surface area contributed by atoms with Crippen molar-refractivity contribution in [3.8, 4) is 5.75 Å². The molecular formula is C33H42B2BrFO7. The molecule has 44 heavy (non-hydrogen) atoms. The van der Waals surface area contributed by atoms with Gasteiger partial charge in [-0.2, -0.15) is 0 Å². The van der Waals surface area contributed by atoms with Gasteiger partial charge in [0, 0.05) is 17.5 Å². The van der Waals surface area contributed by atoms with Crippen LogP contribution in [0.25, 0.3) is 11.0 Å². The van der Waals surface area contributed by atoms with Crippen LogP contribution < -0.4 is 4.74 Å². The second kappa shape index (κ2) is 11.8. The Bertz CT molecular complexity index is 1570. The van der Waals surface area contributed by atoms with Gasteiger partial charge >= 0.3 is 14.0 Å². The van der Waals surface area contributed by atoms with Crippen molar-refractivity contribution in [2.75, 3.05) is 6.61 Å². The minimum absolute atomic E-state index is 0.0478. The van der Waals surface area contributed by atoms with Gasteiger partial charge in [0.15, 0.2) is 5.58 Å². The van der Waals surface area contributed by atoms with Crippen LogP contribution in [0, 0.1) is 12.7 Å². The van der Waals surface area contributed by atoms with E-state index in [2.05, 4.69) is 15.9 Å². The van der Waals surface area contributed by atoms with Crippen molar-refractivity contribution in [1.29, 1.82) is 0 Å². The van der Waals surface area contributed by atoms with Crippen LogP contribution in [-0.2, 0) is 36.4 Å². The van der Waals surface area contributed by atoms with E-state index in [1.807, 2.05) is 87.4 Å². The van der Waals surface area contributed by atoms with Gasteiger partial charge in [-0.05, 0) is 115 Å². The molecule has 0 saturated carbocycles. The number of furan rings is 1. The van der Waals surface area contributed by atoms with Crippen LogP contribution >= 0.6 is 15.9 Å². The first kappa shape index (κ1) is 33.1. The molecule has 2 aliphatic heterocycles. The van der Waals surface area contributed by atoms with Crippen LogP contribution in [0.2, 0.25) is 0 Å². The SMILES string of the molecule is CCO/C(Cc1ccc(C)cc1OCc1cc(Br)c2occc2c1F)=C(\C)C1(C)OB(B2OC(C)(C)C(C)(C)O2)OC1(C)C. The van der Waals surface area contributed by atoms with Crippen molar-refractivity contribution in [1.82, 2.24) is 0 Å². The number of allylic oxidation sites excluding steroid dienone is 1. The summed E-state index contributed by atoms with van der Waals surface area (Å²) >= 11 is 3.49. The second-order valence-electron chi connectivity index (χ2n) is 13.3. The van der Waals surface area contributed by atoms with Crippen LogP contribution in [0.15, 0.2) is 56.8 Å². The van der Waals surface area contributed by atoms with E-state index in [0.29, 0.717) is 39.8 Å². The third kappa shape index (κ3) is 5.86. The molecule has 2 aliphatic rings. The minimum atomic E-state index is -0.854. The van der Waals surface area contributed by atoms with E-state index in [4.69, 9.17) is 32.5 Å². The van der Waals surface area contributed by atoms with Gasteiger partial charge < -0.3 is 32.5 Å². The van der Waals surface area contributed by atoms with Crippen LogP contribution in [0.4, 0.5) is 4.39 Å². The van der Waals surface area contributed by atoms with Crippen molar-refractivity contribution in [3.05, 3.63) is 74.9 Å². The number of hydrogen-bond donors (Lipinski definition) is 0. The molecule has 0 N–H and O–H groups in total. The number of fused-ring (bicyclic) bond motifs is 1. The van der Waals surface area contributed by atoms with Gasteiger partial charge in [0.2, 0.25) is 0 Å². The molecule has 1 unspecified atom stereocenters. The fourth-order valence-electron chi connectivity index (χ4n) is 5.68. The lowest BCUT2D eigenvalue weighted by atomic mass is 9.49. The molecule has 1 aromatic heterocycles. The Morgan fingerprint density at radius 2 is 1.52 bits per heavy atom. The summed E-state index contributed by atoms with van der Waals surface area (Å²) in [5.74, 6) is 1.05. The molecule has 5 rings (SSSR count). The number of hydrogen-bond acceptors (Lipinski definition) is 7. The molecular weight excluding hydrogens is 629 g/mol. The molecule has 2 saturated heterocycles. The minimum Gasteiger partial charge on any atom is -0.498 e. The van der Waals surface area contributed by atoms with Crippen LogP contribution in [-0.4, -0.2) is 43.0 Å². The Kier molecular flexibility index (Phi) is 8.88. The number of ether oxygens (including phenoxy) is 2. The highest BCUT2D eigenvalue weighted by molar-refractivity contribution is 9.10. The largest absolute Gasteiger partial charge is 0.498 e. The molecule has 0 amide bonds. The highest BCUT2D eigenvalue weighted by Gasteiger charge is 2.65. The van der Waals surface area contributed by atoms with Crippen molar-refractivity contribution in [2.24, 2.45) is 0 Å². The highest BCUT2D eigenvalue weighted by atomic mass is 79.9. The van der Waals surface area contributed by atoms with Gasteiger partial charge in [-0.15, -0.1) is 0 Å². The normalized spacial score (nSPS) is 22.9. The molecule has 7 nitrogen and oxygen atoms in total. The summed E-state index contributed by atoms with van der Waals surface area (Å²) in [4.78, 5) is 0. The number of aryl methyl sites for hydroxylation is 1. The molecule has 2 aromatic carbocycles. The predicted molar refractivity (Wildman–Crippen MR) is 174 cm³/mol. The maximum atomic E-state index is 15.3. The first-order valence-electron chi connectivity index (χ1n) is 15.1. The predicted octanol–water partition coefficient (Wildman–Crippen LogP) is 8.32. The first-order chi connectivity index (χ1) is 20.5. The first-order valence-corrected chi connectivity index (χ1v) is 15.9. The maximum Gasteiger partial charge on any atom is 0.489 e. The average molecular weight is 671 g/mol. The molecule has 0 spiro atoms. The quantitative estimate of drug-likeness (QED) is 0.168. The summed E-state index contributed by atoms with van der Waals surface area (Å²) in [7, 11) is -1.41. The third-order valence-corrected chi connectivity index (χ3v) is 10.1. The van der Waals surface area contributed by atoms with Gasteiger partial charge in [0.1, 0.15) is 29.5 Å². The van der Waals surface area contributed by atoms with Crippen LogP contribution in [0.1, 0.15) is 79.0 Å². The summed E-state index contributed by atoms with van der Waals surface area (Å²) in [5, 5.41) is 0.410. The molecule has 2 fully saturated rings. The van der Waals surface area contributed by atoms with Gasteiger partial charge in [-0.25, -0.2) is 4.39 Å². The molecule has 236 valence electrons. The van der Waals surface area contributed by atoms with E-state index in [1.165, 1.54) is 6.26 Å². The van der Waals surface area contributed by atoms with E-state index < -0.39 is 36.4 Å². The Hall–Kier alpha value is -2.30. The Morgan fingerprint density at radius 1 is 0.886 bits per heavy atom. The van der Waals surface area contributed by atoms with E-state index in [-0.39, 0.29) is 12.4 Å². The molecule has 0 radical (unpaired) electrons. The Labute approximate surface area is 269 Å². The highest BCUT2D eigenvalue weighted by Crippen LogP contribution is 2.47. The van der Waals surface area contributed by atoms with Crippen molar-refractivity contribution >= 4 is 40.9 Å². The number of halogens is 2. The zero-order valence-electron chi connectivity index (χ0n) is 27.4. The summed E-state index contributed by atoms with van der Waals surface area (Å²) in [6.07, 6.45) is 1.92. The average Bonchev–Trinajstić information content (AvgIpc) is 3.59. The molecule has 11 heteroatoms. The lowest BCUT2D eigenvalue weighted by Gasteiger charge is -2.38. The zero-order chi connectivity index (χ0) is 32.2. The maximum absolute atomic E-state index is 15.3. The summed E-state index contributed by atoms with van der Waals surface area (Å²) in [5.41, 5.74) is 1.12. The lowest BCUT2D eigenvalue weighted by molar-refractivity contribution is 0.00578. The molecule has 3 aromatic rings. The van der Waals surface area contributed by atoms with E-state index in [0.717, 1.165) is 22.5 Å². The molecule has 1 atom stereocenters. The number of benzene rings is 2. The molecule has 0 aliphatic carbocycles. The summed E-state index contributed by atoms with van der Waals surface area (Å²) < 4.78 is 59.6. The summed E-state index contributed by atoms with van der Waals surface area (Å²) in [6, 6.07) is 9.34. The Balaban J connectivity index is 1.42. The van der Waals surface area contributed by atoms with Crippen molar-refractivity contribution in [3.63, 3.8) is 0 Å². The van der Waals surface area contributed by atoms with Crippen LogP contribution in [0.3, 0.4) is 0 Å². The Morgan fingerprint density at radius 3 is 2.18 bits per heavy atom. The fourth-order valence-corrected chi connectivity index (χ4v) is 6.26. The lowest BCUT2D eigenvalue weighted by Crippen LogP contribution is -2.46. The molecule has 0 bridgehead atoms. The second-order valence-corrected chi connectivity index (χ2v) is 14.2. The van der Waals surface area contributed by atoms with E-state index in [9.17, 15) is 0 Å². The monoisotopic (exact) mass is 670 g/mol. The zero-order valence-corrected chi connectivity index (χ0v) is 28.9. The summed E-state index contributed by atoms with van der Waals surface area (Å²) in [6.45, 7) is 20.6. The van der Waals surface area contributed by atoms with E-state index in [1.54, 1.807) is 12.1 Å². The van der Waals surface area contributed by atoms with Crippen molar-refractivity contribution < 1.29 is 36.9 Å². The van der Waals surface area contributed by atoms with Crippen molar-refractivity contribution in [2.45, 2.75) is 105 Å². The topological polar surface area (TPSA) is 68.5 Å². The smallest absolute Gasteiger partial charge is 0.489 e. The standard InChI is InChI=1S/C33H42B2BrFO7/c1-11-38-26(21(3)33(10)32(8,9)43-35(44-33)34-41-30(4,5)31(6,7)42-34)18-22-13-12-20(2)16-27(22)40-19-23-17-25(36)29-24(28(23)37)14-15-39-29/h12-17H,11,18-19H2,1-10H3/b26-21+. The fraction of sp³-hybridized carbons (Fsp3) is 0.515. The molecule has 3 heterocycles. The van der Waals surface area contributed by atoms with Gasteiger partial charge in [0.05, 0.1) is 39.5 Å². The van der Waals surface area contributed by atoms with Crippen LogP contribution in [0.5, 0.6) is 5.75 Å². The van der Waals surface area contributed by atoms with Gasteiger partial charge in [0.25, 0.3) is 0 Å². The van der Waals surface area contributed by atoms with Gasteiger partial charge in [-0.1, -0.05) is 12.1 Å². The third-order valence-electron chi connectivity index (χ3n) is 9.52. The number of rotatable bonds is 9.